The van der Waals surface area contributed by atoms with Crippen molar-refractivity contribution in [2.75, 3.05) is 0 Å². The molecule has 0 unspecified atom stereocenters. The molecule has 1 heteroatoms. The van der Waals surface area contributed by atoms with Gasteiger partial charge in [-0.25, -0.2) is 0 Å². The quantitative estimate of drug-likeness (QED) is 0.609. The zero-order chi connectivity index (χ0) is 10.4. The molecule has 0 amide bonds. The Morgan fingerprint density at radius 3 is 2.36 bits per heavy atom. The Kier molecular flexibility index (Phi) is 4.92. The molecular weight excluding hydrogens is 172 g/mol. The summed E-state index contributed by atoms with van der Waals surface area (Å²) < 4.78 is 0. The van der Waals surface area contributed by atoms with E-state index in [0.717, 1.165) is 18.3 Å². The molecule has 14 heavy (non-hydrogen) atoms. The van der Waals surface area contributed by atoms with Crippen molar-refractivity contribution in [3.8, 4) is 0 Å². The minimum atomic E-state index is 0.211. The summed E-state index contributed by atoms with van der Waals surface area (Å²) >= 11 is 0. The van der Waals surface area contributed by atoms with E-state index in [1.807, 2.05) is 0 Å². The predicted molar refractivity (Wildman–Crippen MR) is 60.2 cm³/mol. The lowest BCUT2D eigenvalue weighted by Gasteiger charge is -2.27. The zero-order valence-electron chi connectivity index (χ0n) is 9.30. The molecule has 80 valence electrons. The van der Waals surface area contributed by atoms with E-state index in [0.29, 0.717) is 6.42 Å². The highest BCUT2D eigenvalue weighted by Crippen LogP contribution is 2.32. The van der Waals surface area contributed by atoms with E-state index in [4.69, 9.17) is 0 Å². The molecule has 1 aliphatic rings. The van der Waals surface area contributed by atoms with Gasteiger partial charge in [0.1, 0.15) is 0 Å². The number of hydrogen-bond acceptors (Lipinski definition) is 1. The number of carbonyl (C=O) groups excluding carboxylic acids is 1. The maximum absolute atomic E-state index is 11.1. The Bertz CT molecular complexity index is 187. The van der Waals surface area contributed by atoms with Crippen LogP contribution in [0.2, 0.25) is 0 Å². The van der Waals surface area contributed by atoms with Gasteiger partial charge in [-0.05, 0) is 24.3 Å². The number of allylic oxidation sites excluding steroid dienone is 1. The van der Waals surface area contributed by atoms with Crippen molar-refractivity contribution in [3.63, 3.8) is 0 Å². The lowest BCUT2D eigenvalue weighted by molar-refractivity contribution is -0.114. The first-order chi connectivity index (χ1) is 6.76. The Morgan fingerprint density at radius 2 is 1.86 bits per heavy atom. The van der Waals surface area contributed by atoms with Crippen LogP contribution in [0.4, 0.5) is 0 Å². The predicted octanol–water partition coefficient (Wildman–Crippen LogP) is 3.74. The van der Waals surface area contributed by atoms with Crippen LogP contribution in [0.1, 0.15) is 51.9 Å². The van der Waals surface area contributed by atoms with E-state index in [-0.39, 0.29) is 5.78 Å². The SMILES string of the molecule is C=CC(=O)CCC1CCC(CC)CC1. The maximum Gasteiger partial charge on any atom is 0.155 e. The Morgan fingerprint density at radius 1 is 1.29 bits per heavy atom. The molecule has 0 heterocycles. The van der Waals surface area contributed by atoms with Crippen LogP contribution in [0.3, 0.4) is 0 Å². The fraction of sp³-hybridized carbons (Fsp3) is 0.769. The lowest BCUT2D eigenvalue weighted by atomic mass is 9.79. The van der Waals surface area contributed by atoms with Gasteiger partial charge in [0, 0.05) is 6.42 Å². The standard InChI is InChI=1S/C13H22O/c1-3-11-5-7-12(8-6-11)9-10-13(14)4-2/h4,11-12H,2-3,5-10H2,1H3. The molecule has 1 fully saturated rings. The van der Waals surface area contributed by atoms with Crippen LogP contribution in [0.5, 0.6) is 0 Å². The summed E-state index contributed by atoms with van der Waals surface area (Å²) in [5.74, 6) is 1.98. The average molecular weight is 194 g/mol. The van der Waals surface area contributed by atoms with Crippen LogP contribution in [-0.2, 0) is 4.79 Å². The topological polar surface area (TPSA) is 17.1 Å². The first kappa shape index (κ1) is 11.5. The summed E-state index contributed by atoms with van der Waals surface area (Å²) in [4.78, 5) is 11.1. The highest BCUT2D eigenvalue weighted by Gasteiger charge is 2.19. The summed E-state index contributed by atoms with van der Waals surface area (Å²) in [6, 6.07) is 0. The van der Waals surface area contributed by atoms with Crippen molar-refractivity contribution in [1.29, 1.82) is 0 Å². The molecule has 1 saturated carbocycles. The van der Waals surface area contributed by atoms with Crippen molar-refractivity contribution in [2.45, 2.75) is 51.9 Å². The second-order valence-electron chi connectivity index (χ2n) is 4.50. The molecule has 0 bridgehead atoms. The molecular formula is C13H22O. The van der Waals surface area contributed by atoms with Crippen LogP contribution in [0.15, 0.2) is 12.7 Å². The summed E-state index contributed by atoms with van der Waals surface area (Å²) in [5, 5.41) is 0. The van der Waals surface area contributed by atoms with E-state index in [1.165, 1.54) is 38.2 Å². The minimum Gasteiger partial charge on any atom is -0.295 e. The summed E-state index contributed by atoms with van der Waals surface area (Å²) in [7, 11) is 0. The monoisotopic (exact) mass is 194 g/mol. The second kappa shape index (κ2) is 6.00. The fourth-order valence-corrected chi connectivity index (χ4v) is 2.38. The van der Waals surface area contributed by atoms with Gasteiger partial charge in [-0.1, -0.05) is 45.6 Å². The smallest absolute Gasteiger partial charge is 0.155 e. The van der Waals surface area contributed by atoms with Crippen molar-refractivity contribution < 1.29 is 4.79 Å². The van der Waals surface area contributed by atoms with Gasteiger partial charge in [-0.3, -0.25) is 4.79 Å². The van der Waals surface area contributed by atoms with E-state index in [2.05, 4.69) is 13.5 Å². The van der Waals surface area contributed by atoms with Gasteiger partial charge in [0.05, 0.1) is 0 Å². The van der Waals surface area contributed by atoms with Crippen LogP contribution in [0.25, 0.3) is 0 Å². The fourth-order valence-electron chi connectivity index (χ4n) is 2.38. The third-order valence-electron chi connectivity index (χ3n) is 3.57. The minimum absolute atomic E-state index is 0.211. The molecule has 0 aromatic carbocycles. The molecule has 0 radical (unpaired) electrons. The number of carbonyl (C=O) groups is 1. The average Bonchev–Trinajstić information content (AvgIpc) is 2.26. The Labute approximate surface area is 87.6 Å². The number of rotatable bonds is 5. The third-order valence-corrected chi connectivity index (χ3v) is 3.57. The first-order valence-electron chi connectivity index (χ1n) is 5.91. The van der Waals surface area contributed by atoms with Crippen LogP contribution < -0.4 is 0 Å². The molecule has 0 aliphatic heterocycles. The largest absolute Gasteiger partial charge is 0.295 e. The molecule has 0 atom stereocenters. The Hall–Kier alpha value is -0.590. The molecule has 0 saturated heterocycles. The maximum atomic E-state index is 11.1. The van der Waals surface area contributed by atoms with Crippen LogP contribution >= 0.6 is 0 Å². The van der Waals surface area contributed by atoms with Gasteiger partial charge in [-0.2, -0.15) is 0 Å². The summed E-state index contributed by atoms with van der Waals surface area (Å²) in [5.41, 5.74) is 0. The lowest BCUT2D eigenvalue weighted by Crippen LogP contribution is -2.14. The van der Waals surface area contributed by atoms with E-state index >= 15 is 0 Å². The van der Waals surface area contributed by atoms with Gasteiger partial charge in [0.15, 0.2) is 5.78 Å². The van der Waals surface area contributed by atoms with Crippen molar-refractivity contribution in [2.24, 2.45) is 11.8 Å². The van der Waals surface area contributed by atoms with Crippen molar-refractivity contribution in [3.05, 3.63) is 12.7 Å². The number of hydrogen-bond donors (Lipinski definition) is 0. The van der Waals surface area contributed by atoms with E-state index in [1.54, 1.807) is 0 Å². The van der Waals surface area contributed by atoms with Crippen LogP contribution in [-0.4, -0.2) is 5.78 Å². The molecule has 0 spiro atoms. The summed E-state index contributed by atoms with van der Waals surface area (Å²) in [6.07, 6.45) is 10.0. The highest BCUT2D eigenvalue weighted by atomic mass is 16.1. The van der Waals surface area contributed by atoms with Gasteiger partial charge < -0.3 is 0 Å². The van der Waals surface area contributed by atoms with Crippen LogP contribution in [0, 0.1) is 11.8 Å². The van der Waals surface area contributed by atoms with Gasteiger partial charge in [0.25, 0.3) is 0 Å². The van der Waals surface area contributed by atoms with Gasteiger partial charge in [0.2, 0.25) is 0 Å². The first-order valence-corrected chi connectivity index (χ1v) is 5.91. The van der Waals surface area contributed by atoms with Crippen molar-refractivity contribution in [1.82, 2.24) is 0 Å². The van der Waals surface area contributed by atoms with E-state index < -0.39 is 0 Å². The van der Waals surface area contributed by atoms with Gasteiger partial charge in [-0.15, -0.1) is 0 Å². The van der Waals surface area contributed by atoms with Gasteiger partial charge >= 0.3 is 0 Å². The third kappa shape index (κ3) is 3.65. The zero-order valence-corrected chi connectivity index (χ0v) is 9.30. The molecule has 0 aromatic rings. The molecule has 0 aromatic heterocycles. The van der Waals surface area contributed by atoms with Crippen molar-refractivity contribution >= 4 is 5.78 Å². The normalized spacial score (nSPS) is 27.2. The molecule has 1 rings (SSSR count). The number of ketones is 1. The van der Waals surface area contributed by atoms with E-state index in [9.17, 15) is 4.79 Å². The highest BCUT2D eigenvalue weighted by molar-refractivity contribution is 5.88. The molecule has 1 nitrogen and oxygen atoms in total. The summed E-state index contributed by atoms with van der Waals surface area (Å²) in [6.45, 7) is 5.78. The molecule has 1 aliphatic carbocycles. The Balaban J connectivity index is 2.16. The molecule has 0 N–H and O–H groups in total. The second-order valence-corrected chi connectivity index (χ2v) is 4.50.